The second-order valence-electron chi connectivity index (χ2n) is 11.3. The number of nitrogens with zero attached hydrogens (tertiary/aromatic N) is 3. The minimum absolute atomic E-state index is 0. The van der Waals surface area contributed by atoms with Gasteiger partial charge in [0.1, 0.15) is 0 Å². The molecular weight excluding hydrogens is 647 g/mol. The number of para-hydroxylation sites is 1. The molecule has 0 spiro atoms. The van der Waals surface area contributed by atoms with Crippen molar-refractivity contribution in [2.75, 3.05) is 45.8 Å². The normalized spacial score (nSPS) is 18.3. The quantitative estimate of drug-likeness (QED) is 0.233. The van der Waals surface area contributed by atoms with E-state index in [1.807, 2.05) is 40.3 Å². The van der Waals surface area contributed by atoms with Gasteiger partial charge in [0, 0.05) is 54.9 Å². The minimum atomic E-state index is -5.08. The van der Waals surface area contributed by atoms with Gasteiger partial charge in [0.15, 0.2) is 5.78 Å². The second kappa shape index (κ2) is 14.7. The SMILES string of the molecule is Cl.Cl.NC(=O)CN1CCN(C(C(=O)c2cc(C(F)(F)F)cc(C(F)(F)F)c2)C(Cc2c[nH]c3ccccc23)N2CCCC2)CC1. The predicted octanol–water partition coefficient (Wildman–Crippen LogP) is 5.41. The Morgan fingerprint density at radius 3 is 1.96 bits per heavy atom. The van der Waals surface area contributed by atoms with E-state index in [4.69, 9.17) is 5.73 Å². The molecule has 2 fully saturated rings. The van der Waals surface area contributed by atoms with Crippen molar-refractivity contribution >= 4 is 47.4 Å². The van der Waals surface area contributed by atoms with Crippen molar-refractivity contribution in [1.82, 2.24) is 19.7 Å². The number of nitrogens with two attached hydrogens (primary N) is 1. The van der Waals surface area contributed by atoms with Crippen molar-refractivity contribution in [3.05, 3.63) is 70.9 Å². The summed E-state index contributed by atoms with van der Waals surface area (Å²) in [6, 6.07) is 7.14. The van der Waals surface area contributed by atoms with Crippen molar-refractivity contribution < 1.29 is 35.9 Å². The number of piperazine rings is 1. The van der Waals surface area contributed by atoms with Gasteiger partial charge in [-0.25, -0.2) is 0 Å². The van der Waals surface area contributed by atoms with Gasteiger partial charge >= 0.3 is 12.4 Å². The fraction of sp³-hybridized carbons (Fsp3) is 0.467. The first-order valence-corrected chi connectivity index (χ1v) is 14.2. The Labute approximate surface area is 268 Å². The van der Waals surface area contributed by atoms with E-state index in [9.17, 15) is 35.9 Å². The highest BCUT2D eigenvalue weighted by Crippen LogP contribution is 2.37. The predicted molar refractivity (Wildman–Crippen MR) is 163 cm³/mol. The third-order valence-electron chi connectivity index (χ3n) is 8.40. The van der Waals surface area contributed by atoms with E-state index >= 15 is 0 Å². The number of carbonyl (C=O) groups excluding carboxylic acids is 2. The molecule has 3 N–H and O–H groups in total. The molecule has 0 saturated carbocycles. The van der Waals surface area contributed by atoms with Crippen LogP contribution in [0.1, 0.15) is 39.9 Å². The zero-order valence-electron chi connectivity index (χ0n) is 24.2. The number of carbonyl (C=O) groups is 2. The zero-order chi connectivity index (χ0) is 30.9. The Balaban J connectivity index is 0.00000276. The van der Waals surface area contributed by atoms with Crippen molar-refractivity contribution in [2.24, 2.45) is 5.73 Å². The lowest BCUT2D eigenvalue weighted by Gasteiger charge is -2.44. The molecule has 2 aliphatic rings. The van der Waals surface area contributed by atoms with Gasteiger partial charge in [-0.15, -0.1) is 24.8 Å². The van der Waals surface area contributed by atoms with Crippen LogP contribution >= 0.6 is 24.8 Å². The maximum absolute atomic E-state index is 14.4. The number of ketones is 1. The van der Waals surface area contributed by atoms with Crippen LogP contribution in [0.2, 0.25) is 0 Å². The maximum Gasteiger partial charge on any atom is 0.416 e. The summed E-state index contributed by atoms with van der Waals surface area (Å²) in [5.41, 5.74) is 3.46. The monoisotopic (exact) mass is 681 g/mol. The smallest absolute Gasteiger partial charge is 0.369 e. The topological polar surface area (TPSA) is 85.7 Å². The highest BCUT2D eigenvalue weighted by atomic mass is 35.5. The number of aromatic nitrogens is 1. The second-order valence-corrected chi connectivity index (χ2v) is 11.3. The van der Waals surface area contributed by atoms with Gasteiger partial charge in [-0.3, -0.25) is 24.3 Å². The van der Waals surface area contributed by atoms with E-state index < -0.39 is 52.8 Å². The highest BCUT2D eigenvalue weighted by molar-refractivity contribution is 6.01. The summed E-state index contributed by atoms with van der Waals surface area (Å²) in [5.74, 6) is -1.31. The number of halogens is 8. The average Bonchev–Trinajstić information content (AvgIpc) is 3.63. The molecule has 0 radical (unpaired) electrons. The van der Waals surface area contributed by atoms with E-state index in [1.165, 1.54) is 0 Å². The number of H-pyrrole nitrogens is 1. The molecule has 0 bridgehead atoms. The van der Waals surface area contributed by atoms with Crippen LogP contribution in [0.15, 0.2) is 48.7 Å². The standard InChI is InChI=1S/C30H33F6N5O2.2ClH/c31-29(32,33)21-13-19(14-22(16-21)30(34,35)36)28(43)27(41-11-9-39(10-12-41)18-26(37)42)25(40-7-3-4-8-40)15-20-17-38-24-6-2-1-5-23(20)24;;/h1-2,5-6,13-14,16-17,25,27,38H,3-4,7-12,15,18H2,(H2,37,42);2*1H. The summed E-state index contributed by atoms with van der Waals surface area (Å²) in [7, 11) is 0. The number of hydrogen-bond donors (Lipinski definition) is 2. The van der Waals surface area contributed by atoms with Gasteiger partial charge in [0.25, 0.3) is 0 Å². The highest BCUT2D eigenvalue weighted by Gasteiger charge is 2.43. The molecule has 3 heterocycles. The summed E-state index contributed by atoms with van der Waals surface area (Å²) in [6.45, 7) is 2.61. The Hall–Kier alpha value is -2.84. The molecule has 2 atom stereocenters. The Bertz CT molecular complexity index is 1430. The fourth-order valence-corrected chi connectivity index (χ4v) is 6.31. The van der Waals surface area contributed by atoms with Crippen LogP contribution in [0, 0.1) is 0 Å². The van der Waals surface area contributed by atoms with Crippen LogP contribution in [0.25, 0.3) is 10.9 Å². The number of primary amides is 1. The van der Waals surface area contributed by atoms with Crippen molar-refractivity contribution in [3.8, 4) is 0 Å². The molecule has 2 saturated heterocycles. The third kappa shape index (κ3) is 8.50. The number of aromatic amines is 1. The number of likely N-dealkylation sites (tertiary alicyclic amines) is 1. The van der Waals surface area contributed by atoms with Crippen molar-refractivity contribution in [3.63, 3.8) is 0 Å². The molecule has 248 valence electrons. The number of amides is 1. The molecule has 1 amide bonds. The van der Waals surface area contributed by atoms with Gasteiger partial charge < -0.3 is 10.7 Å². The fourth-order valence-electron chi connectivity index (χ4n) is 6.31. The Morgan fingerprint density at radius 1 is 0.822 bits per heavy atom. The van der Waals surface area contributed by atoms with E-state index in [2.05, 4.69) is 9.88 Å². The number of rotatable bonds is 9. The largest absolute Gasteiger partial charge is 0.416 e. The summed E-state index contributed by atoms with van der Waals surface area (Å²) < 4.78 is 82.6. The van der Waals surface area contributed by atoms with E-state index in [1.54, 1.807) is 0 Å². The van der Waals surface area contributed by atoms with E-state index in [0.29, 0.717) is 44.7 Å². The summed E-state index contributed by atoms with van der Waals surface area (Å²) in [5, 5.41) is 0.933. The summed E-state index contributed by atoms with van der Waals surface area (Å²) in [6.07, 6.45) is -6.24. The van der Waals surface area contributed by atoms with E-state index in [0.717, 1.165) is 29.3 Å². The molecular formula is C30H35Cl2F6N5O2. The van der Waals surface area contributed by atoms with Gasteiger partial charge in [0.05, 0.1) is 23.7 Å². The molecule has 3 aromatic rings. The molecule has 15 heteroatoms. The molecule has 2 aromatic carbocycles. The molecule has 7 nitrogen and oxygen atoms in total. The van der Waals surface area contributed by atoms with E-state index in [-0.39, 0.29) is 50.5 Å². The van der Waals surface area contributed by atoms with Crippen LogP contribution in [-0.2, 0) is 23.6 Å². The number of benzene rings is 2. The molecule has 5 rings (SSSR count). The first-order chi connectivity index (χ1) is 20.3. The van der Waals surface area contributed by atoms with Crippen LogP contribution < -0.4 is 5.73 Å². The van der Waals surface area contributed by atoms with Crippen molar-refractivity contribution in [1.29, 1.82) is 0 Å². The number of nitrogens with one attached hydrogen (secondary N) is 1. The van der Waals surface area contributed by atoms with Crippen molar-refractivity contribution in [2.45, 2.75) is 43.7 Å². The lowest BCUT2D eigenvalue weighted by Crippen LogP contribution is -2.61. The first-order valence-electron chi connectivity index (χ1n) is 14.2. The number of alkyl halides is 6. The van der Waals surface area contributed by atoms with Crippen LogP contribution in [0.4, 0.5) is 26.3 Å². The molecule has 0 aliphatic carbocycles. The average molecular weight is 683 g/mol. The Kier molecular flexibility index (Phi) is 12.0. The Morgan fingerprint density at radius 2 is 1.40 bits per heavy atom. The van der Waals surface area contributed by atoms with Gasteiger partial charge in [-0.1, -0.05) is 18.2 Å². The number of hydrogen-bond acceptors (Lipinski definition) is 5. The van der Waals surface area contributed by atoms with Crippen LogP contribution in [0.3, 0.4) is 0 Å². The molecule has 2 aliphatic heterocycles. The van der Waals surface area contributed by atoms with Gasteiger partial charge in [0.2, 0.25) is 5.91 Å². The zero-order valence-corrected chi connectivity index (χ0v) is 25.8. The first kappa shape index (κ1) is 36.6. The minimum Gasteiger partial charge on any atom is -0.369 e. The lowest BCUT2D eigenvalue weighted by atomic mass is 9.88. The maximum atomic E-state index is 14.4. The molecule has 1 aromatic heterocycles. The van der Waals surface area contributed by atoms with Gasteiger partial charge in [-0.2, -0.15) is 26.3 Å². The van der Waals surface area contributed by atoms with Gasteiger partial charge in [-0.05, 0) is 62.2 Å². The summed E-state index contributed by atoms with van der Waals surface area (Å²) >= 11 is 0. The lowest BCUT2D eigenvalue weighted by molar-refractivity contribution is -0.143. The molecule has 2 unspecified atom stereocenters. The number of fused-ring (bicyclic) bond motifs is 1. The summed E-state index contributed by atoms with van der Waals surface area (Å²) in [4.78, 5) is 34.8. The third-order valence-corrected chi connectivity index (χ3v) is 8.40. The molecule has 45 heavy (non-hydrogen) atoms. The van der Waals surface area contributed by atoms with Crippen LogP contribution in [-0.4, -0.2) is 89.3 Å². The number of Topliss-reactive ketones (excluding diaryl/α,β-unsaturated/α-hetero) is 1. The van der Waals surface area contributed by atoms with Crippen LogP contribution in [0.5, 0.6) is 0 Å².